The van der Waals surface area contributed by atoms with Crippen molar-refractivity contribution >= 4 is 17.8 Å². The predicted molar refractivity (Wildman–Crippen MR) is 90.2 cm³/mol. The van der Waals surface area contributed by atoms with Gasteiger partial charge in [0.05, 0.1) is 24.1 Å². The van der Waals surface area contributed by atoms with Gasteiger partial charge in [-0.25, -0.2) is 9.78 Å². The summed E-state index contributed by atoms with van der Waals surface area (Å²) in [7, 11) is 1.54. The van der Waals surface area contributed by atoms with Crippen LogP contribution in [0.2, 0.25) is 0 Å². The number of anilines is 1. The summed E-state index contributed by atoms with van der Waals surface area (Å²) in [6, 6.07) is -0.0263. The second-order valence-electron chi connectivity index (χ2n) is 6.62. The maximum Gasteiger partial charge on any atom is 0.415 e. The summed E-state index contributed by atoms with van der Waals surface area (Å²) < 4.78 is 9.91. The molecule has 0 unspecified atom stereocenters. The van der Waals surface area contributed by atoms with Gasteiger partial charge in [-0.3, -0.25) is 14.7 Å². The first-order chi connectivity index (χ1) is 12.1. The SMILES string of the molecule is COCC(=O)N1CCC(Cc2cnc(N3C(=O)OC[C@@H]3C)cn2)CC1. The van der Waals surface area contributed by atoms with Crippen LogP contribution < -0.4 is 4.90 Å². The van der Waals surface area contributed by atoms with E-state index in [1.807, 2.05) is 11.8 Å². The van der Waals surface area contributed by atoms with Crippen LogP contribution in [0.15, 0.2) is 12.4 Å². The molecule has 136 valence electrons. The molecule has 8 nitrogen and oxygen atoms in total. The Labute approximate surface area is 147 Å². The van der Waals surface area contributed by atoms with Crippen molar-refractivity contribution in [1.82, 2.24) is 14.9 Å². The lowest BCUT2D eigenvalue weighted by molar-refractivity contribution is -0.136. The van der Waals surface area contributed by atoms with Gasteiger partial charge in [0.2, 0.25) is 5.91 Å². The Balaban J connectivity index is 1.53. The van der Waals surface area contributed by atoms with E-state index < -0.39 is 0 Å². The molecule has 2 saturated heterocycles. The third kappa shape index (κ3) is 4.07. The van der Waals surface area contributed by atoms with Gasteiger partial charge in [-0.2, -0.15) is 0 Å². The first-order valence-electron chi connectivity index (χ1n) is 8.62. The molecule has 0 aromatic carbocycles. The summed E-state index contributed by atoms with van der Waals surface area (Å²) in [6.07, 6.45) is 5.73. The number of piperidine rings is 1. The Hall–Kier alpha value is -2.22. The van der Waals surface area contributed by atoms with Crippen LogP contribution in [0.25, 0.3) is 0 Å². The van der Waals surface area contributed by atoms with E-state index in [9.17, 15) is 9.59 Å². The Morgan fingerprint density at radius 3 is 2.64 bits per heavy atom. The van der Waals surface area contributed by atoms with Crippen LogP contribution in [0, 0.1) is 5.92 Å². The lowest BCUT2D eigenvalue weighted by Gasteiger charge is -2.31. The standard InChI is InChI=1S/C17H24N4O4/c1-12-10-25-17(23)21(12)15-9-18-14(8-19-15)7-13-3-5-20(6-4-13)16(22)11-24-2/h8-9,12-13H,3-7,10-11H2,1-2H3/t12-/m0/s1. The van der Waals surface area contributed by atoms with E-state index in [2.05, 4.69) is 9.97 Å². The Morgan fingerprint density at radius 2 is 2.08 bits per heavy atom. The van der Waals surface area contributed by atoms with Gasteiger partial charge in [0, 0.05) is 20.2 Å². The van der Waals surface area contributed by atoms with E-state index in [0.717, 1.165) is 38.0 Å². The number of hydrogen-bond acceptors (Lipinski definition) is 6. The fourth-order valence-electron chi connectivity index (χ4n) is 3.31. The normalized spacial score (nSPS) is 21.5. The molecule has 2 fully saturated rings. The Kier molecular flexibility index (Phi) is 5.47. The third-order valence-corrected chi connectivity index (χ3v) is 4.76. The maximum absolute atomic E-state index is 11.8. The van der Waals surface area contributed by atoms with Crippen molar-refractivity contribution in [2.45, 2.75) is 32.2 Å². The molecule has 2 amide bonds. The topological polar surface area (TPSA) is 84.9 Å². The van der Waals surface area contributed by atoms with Gasteiger partial charge in [0.1, 0.15) is 13.2 Å². The largest absolute Gasteiger partial charge is 0.447 e. The van der Waals surface area contributed by atoms with Crippen molar-refractivity contribution < 1.29 is 19.1 Å². The molecule has 2 aliphatic heterocycles. The molecular formula is C17H24N4O4. The van der Waals surface area contributed by atoms with Crippen LogP contribution in [0.4, 0.5) is 10.6 Å². The van der Waals surface area contributed by atoms with Crippen LogP contribution in [0.5, 0.6) is 0 Å². The zero-order valence-electron chi connectivity index (χ0n) is 14.7. The monoisotopic (exact) mass is 348 g/mol. The number of amides is 2. The van der Waals surface area contributed by atoms with Gasteiger partial charge in [0.25, 0.3) is 0 Å². The molecule has 0 saturated carbocycles. The summed E-state index contributed by atoms with van der Waals surface area (Å²) in [6.45, 7) is 3.96. The lowest BCUT2D eigenvalue weighted by atomic mass is 9.92. The number of rotatable bonds is 5. The smallest absolute Gasteiger partial charge is 0.415 e. The minimum atomic E-state index is -0.373. The summed E-state index contributed by atoms with van der Waals surface area (Å²) in [5.74, 6) is 1.07. The molecular weight excluding hydrogens is 324 g/mol. The predicted octanol–water partition coefficient (Wildman–Crippen LogP) is 1.25. The Bertz CT molecular complexity index is 614. The average Bonchev–Trinajstić information content (AvgIpc) is 2.95. The molecule has 0 aliphatic carbocycles. The highest BCUT2D eigenvalue weighted by molar-refractivity contribution is 5.88. The van der Waals surface area contributed by atoms with E-state index in [1.54, 1.807) is 12.4 Å². The fraction of sp³-hybridized carbons (Fsp3) is 0.647. The van der Waals surface area contributed by atoms with Crippen LogP contribution in [0.3, 0.4) is 0 Å². The van der Waals surface area contributed by atoms with Gasteiger partial charge in [-0.05, 0) is 32.1 Å². The number of hydrogen-bond donors (Lipinski definition) is 0. The molecule has 8 heteroatoms. The van der Waals surface area contributed by atoms with Gasteiger partial charge in [-0.15, -0.1) is 0 Å². The molecule has 3 heterocycles. The average molecular weight is 348 g/mol. The zero-order chi connectivity index (χ0) is 17.8. The van der Waals surface area contributed by atoms with Crippen LogP contribution in [-0.4, -0.2) is 66.3 Å². The first kappa shape index (κ1) is 17.6. The highest BCUT2D eigenvalue weighted by atomic mass is 16.6. The van der Waals surface area contributed by atoms with Crippen molar-refractivity contribution in [3.63, 3.8) is 0 Å². The summed E-state index contributed by atoms with van der Waals surface area (Å²) in [4.78, 5) is 35.7. The fourth-order valence-corrected chi connectivity index (χ4v) is 3.31. The number of likely N-dealkylation sites (tertiary alicyclic amines) is 1. The zero-order valence-corrected chi connectivity index (χ0v) is 14.7. The molecule has 0 bridgehead atoms. The highest BCUT2D eigenvalue weighted by Crippen LogP contribution is 2.23. The minimum absolute atomic E-state index is 0.0263. The first-order valence-corrected chi connectivity index (χ1v) is 8.62. The minimum Gasteiger partial charge on any atom is -0.447 e. The molecule has 25 heavy (non-hydrogen) atoms. The van der Waals surface area contributed by atoms with E-state index in [-0.39, 0.29) is 24.6 Å². The summed E-state index contributed by atoms with van der Waals surface area (Å²) in [5, 5.41) is 0. The molecule has 1 aromatic heterocycles. The lowest BCUT2D eigenvalue weighted by Crippen LogP contribution is -2.40. The molecule has 0 spiro atoms. The van der Waals surface area contributed by atoms with Crippen LogP contribution in [0.1, 0.15) is 25.5 Å². The van der Waals surface area contributed by atoms with E-state index in [0.29, 0.717) is 18.3 Å². The molecule has 3 rings (SSSR count). The second-order valence-corrected chi connectivity index (χ2v) is 6.62. The van der Waals surface area contributed by atoms with Crippen molar-refractivity contribution in [1.29, 1.82) is 0 Å². The molecule has 1 aromatic rings. The number of ether oxygens (including phenoxy) is 2. The van der Waals surface area contributed by atoms with E-state index >= 15 is 0 Å². The van der Waals surface area contributed by atoms with Gasteiger partial charge in [0.15, 0.2) is 5.82 Å². The highest BCUT2D eigenvalue weighted by Gasteiger charge is 2.32. The van der Waals surface area contributed by atoms with Crippen molar-refractivity contribution in [3.05, 3.63) is 18.1 Å². The van der Waals surface area contributed by atoms with Crippen molar-refractivity contribution in [2.75, 3.05) is 38.3 Å². The van der Waals surface area contributed by atoms with Crippen LogP contribution >= 0.6 is 0 Å². The number of carbonyl (C=O) groups excluding carboxylic acids is 2. The molecule has 0 N–H and O–H groups in total. The number of carbonyl (C=O) groups is 2. The van der Waals surface area contributed by atoms with Crippen molar-refractivity contribution in [3.8, 4) is 0 Å². The Morgan fingerprint density at radius 1 is 1.32 bits per heavy atom. The molecule has 2 aliphatic rings. The van der Waals surface area contributed by atoms with Crippen LogP contribution in [-0.2, 0) is 20.7 Å². The van der Waals surface area contributed by atoms with Gasteiger partial charge >= 0.3 is 6.09 Å². The maximum atomic E-state index is 11.8. The van der Waals surface area contributed by atoms with Gasteiger partial charge < -0.3 is 14.4 Å². The third-order valence-electron chi connectivity index (χ3n) is 4.76. The molecule has 0 radical (unpaired) electrons. The number of aromatic nitrogens is 2. The number of methoxy groups -OCH3 is 1. The second kappa shape index (κ2) is 7.77. The van der Waals surface area contributed by atoms with Crippen molar-refractivity contribution in [2.24, 2.45) is 5.92 Å². The van der Waals surface area contributed by atoms with Gasteiger partial charge in [-0.1, -0.05) is 0 Å². The van der Waals surface area contributed by atoms with E-state index in [4.69, 9.17) is 9.47 Å². The summed E-state index contributed by atoms with van der Waals surface area (Å²) in [5.41, 5.74) is 0.908. The quantitative estimate of drug-likeness (QED) is 0.796. The number of nitrogens with zero attached hydrogens (tertiary/aromatic N) is 4. The van der Waals surface area contributed by atoms with E-state index in [1.165, 1.54) is 12.0 Å². The molecule has 1 atom stereocenters. The number of cyclic esters (lactones) is 1. The summed E-state index contributed by atoms with van der Waals surface area (Å²) >= 11 is 0.